The van der Waals surface area contributed by atoms with Gasteiger partial charge >= 0.3 is 0 Å². The van der Waals surface area contributed by atoms with E-state index in [-0.39, 0.29) is 6.04 Å². The van der Waals surface area contributed by atoms with Crippen molar-refractivity contribution < 1.29 is 0 Å². The van der Waals surface area contributed by atoms with Crippen molar-refractivity contribution in [2.24, 2.45) is 5.73 Å². The lowest BCUT2D eigenvalue weighted by molar-refractivity contribution is 0.811. The summed E-state index contributed by atoms with van der Waals surface area (Å²) in [5.74, 6) is 0. The lowest BCUT2D eigenvalue weighted by Gasteiger charge is -2.12. The predicted octanol–water partition coefficient (Wildman–Crippen LogP) is 4.50. The van der Waals surface area contributed by atoms with Crippen molar-refractivity contribution in [3.8, 4) is 0 Å². The highest BCUT2D eigenvalue weighted by atomic mass is 79.9. The van der Waals surface area contributed by atoms with E-state index >= 15 is 0 Å². The molecule has 1 aliphatic rings. The molecule has 1 atom stereocenters. The van der Waals surface area contributed by atoms with Gasteiger partial charge in [0.2, 0.25) is 0 Å². The molecule has 88 valence electrons. The highest BCUT2D eigenvalue weighted by Gasteiger charge is 2.16. The molecule has 0 saturated heterocycles. The van der Waals surface area contributed by atoms with Crippen LogP contribution < -0.4 is 5.73 Å². The van der Waals surface area contributed by atoms with Crippen LogP contribution in [0.4, 0.5) is 0 Å². The van der Waals surface area contributed by atoms with E-state index in [2.05, 4.69) is 34.1 Å². The van der Waals surface area contributed by atoms with Gasteiger partial charge in [0.15, 0.2) is 0 Å². The van der Waals surface area contributed by atoms with Crippen LogP contribution in [0.3, 0.4) is 0 Å². The molecule has 0 radical (unpaired) electrons. The van der Waals surface area contributed by atoms with Gasteiger partial charge in [-0.3, -0.25) is 0 Å². The Hall–Kier alpha value is 0.01000. The summed E-state index contributed by atoms with van der Waals surface area (Å²) in [6.45, 7) is 2.02. The highest BCUT2D eigenvalue weighted by Crippen LogP contribution is 2.36. The van der Waals surface area contributed by atoms with E-state index in [0.29, 0.717) is 0 Å². The zero-order valence-corrected chi connectivity index (χ0v) is 12.0. The smallest absolute Gasteiger partial charge is 0.0277 e. The second-order valence-electron chi connectivity index (χ2n) is 4.50. The average Bonchev–Trinajstić information content (AvgIpc) is 2.70. The SMILES string of the molecule is C[C@@H](N)c1ccc(SC2CCCC2)cc1Br. The van der Waals surface area contributed by atoms with Gasteiger partial charge in [-0.15, -0.1) is 11.8 Å². The van der Waals surface area contributed by atoms with E-state index < -0.39 is 0 Å². The third-order valence-electron chi connectivity index (χ3n) is 3.07. The van der Waals surface area contributed by atoms with Crippen LogP contribution in [-0.4, -0.2) is 5.25 Å². The second-order valence-corrected chi connectivity index (χ2v) is 6.72. The molecule has 16 heavy (non-hydrogen) atoms. The van der Waals surface area contributed by atoms with Crippen LogP contribution in [-0.2, 0) is 0 Å². The van der Waals surface area contributed by atoms with Crippen molar-refractivity contribution in [1.29, 1.82) is 0 Å². The fourth-order valence-corrected chi connectivity index (χ4v) is 4.33. The second kappa shape index (κ2) is 5.56. The molecular formula is C13H18BrNS. The summed E-state index contributed by atoms with van der Waals surface area (Å²) in [6.07, 6.45) is 5.54. The molecule has 0 bridgehead atoms. The van der Waals surface area contributed by atoms with E-state index in [1.54, 1.807) is 0 Å². The third kappa shape index (κ3) is 3.02. The van der Waals surface area contributed by atoms with Crippen molar-refractivity contribution in [3.63, 3.8) is 0 Å². The summed E-state index contributed by atoms with van der Waals surface area (Å²) >= 11 is 5.62. The van der Waals surface area contributed by atoms with Gasteiger partial charge in [0, 0.05) is 20.7 Å². The maximum Gasteiger partial charge on any atom is 0.0277 e. The molecule has 2 rings (SSSR count). The number of nitrogens with two attached hydrogens (primary N) is 1. The average molecular weight is 300 g/mol. The number of benzene rings is 1. The maximum absolute atomic E-state index is 5.89. The predicted molar refractivity (Wildman–Crippen MR) is 74.9 cm³/mol. The Morgan fingerprint density at radius 3 is 2.62 bits per heavy atom. The van der Waals surface area contributed by atoms with Crippen LogP contribution in [0.5, 0.6) is 0 Å². The standard InChI is InChI=1S/C13H18BrNS/c1-9(15)12-7-6-11(8-13(12)14)16-10-4-2-3-5-10/h6-10H,2-5,15H2,1H3/t9-/m1/s1. The Labute approximate surface area is 110 Å². The number of halogens is 1. The van der Waals surface area contributed by atoms with Gasteiger partial charge in [-0.2, -0.15) is 0 Å². The van der Waals surface area contributed by atoms with Gasteiger partial charge in [-0.25, -0.2) is 0 Å². The van der Waals surface area contributed by atoms with Gasteiger partial charge in [-0.05, 0) is 37.5 Å². The van der Waals surface area contributed by atoms with Crippen molar-refractivity contribution in [3.05, 3.63) is 28.2 Å². The Balaban J connectivity index is 2.08. The number of hydrogen-bond donors (Lipinski definition) is 1. The Kier molecular flexibility index (Phi) is 4.34. The number of thioether (sulfide) groups is 1. The van der Waals surface area contributed by atoms with Gasteiger partial charge in [0.25, 0.3) is 0 Å². The quantitative estimate of drug-likeness (QED) is 0.889. The molecule has 0 spiro atoms. The minimum atomic E-state index is 0.0971. The minimum absolute atomic E-state index is 0.0971. The van der Waals surface area contributed by atoms with E-state index in [9.17, 15) is 0 Å². The summed E-state index contributed by atoms with van der Waals surface area (Å²) in [5.41, 5.74) is 7.08. The normalized spacial score (nSPS) is 18.9. The molecule has 1 fully saturated rings. The summed E-state index contributed by atoms with van der Waals surface area (Å²) in [5, 5.41) is 0.827. The van der Waals surface area contributed by atoms with Crippen LogP contribution >= 0.6 is 27.7 Å². The zero-order valence-electron chi connectivity index (χ0n) is 9.58. The first-order valence-corrected chi connectivity index (χ1v) is 7.56. The molecule has 1 aromatic rings. The molecule has 2 N–H and O–H groups in total. The van der Waals surface area contributed by atoms with Crippen molar-refractivity contribution >= 4 is 27.7 Å². The highest BCUT2D eigenvalue weighted by molar-refractivity contribution is 9.10. The van der Waals surface area contributed by atoms with Crippen LogP contribution in [0.1, 0.15) is 44.2 Å². The molecule has 1 nitrogen and oxygen atoms in total. The molecule has 0 aromatic heterocycles. The first-order valence-electron chi connectivity index (χ1n) is 5.88. The number of hydrogen-bond acceptors (Lipinski definition) is 2. The molecule has 3 heteroatoms. The fourth-order valence-electron chi connectivity index (χ4n) is 2.15. The van der Waals surface area contributed by atoms with E-state index in [1.165, 1.54) is 36.1 Å². The van der Waals surface area contributed by atoms with Crippen LogP contribution in [0, 0.1) is 0 Å². The van der Waals surface area contributed by atoms with Gasteiger partial charge in [0.05, 0.1) is 0 Å². The monoisotopic (exact) mass is 299 g/mol. The van der Waals surface area contributed by atoms with Crippen LogP contribution in [0.15, 0.2) is 27.6 Å². The maximum atomic E-state index is 5.89. The van der Waals surface area contributed by atoms with Gasteiger partial charge in [0.1, 0.15) is 0 Å². The fraction of sp³-hybridized carbons (Fsp3) is 0.538. The molecule has 1 saturated carbocycles. The van der Waals surface area contributed by atoms with Gasteiger partial charge in [-0.1, -0.05) is 34.8 Å². The lowest BCUT2D eigenvalue weighted by Crippen LogP contribution is -2.05. The topological polar surface area (TPSA) is 26.0 Å². The molecule has 1 aliphatic carbocycles. The largest absolute Gasteiger partial charge is 0.324 e. The van der Waals surface area contributed by atoms with Crippen molar-refractivity contribution in [2.45, 2.75) is 48.8 Å². The van der Waals surface area contributed by atoms with Gasteiger partial charge < -0.3 is 5.73 Å². The zero-order chi connectivity index (χ0) is 11.5. The summed E-state index contributed by atoms with van der Waals surface area (Å²) in [7, 11) is 0. The first-order chi connectivity index (χ1) is 7.66. The van der Waals surface area contributed by atoms with Crippen molar-refractivity contribution in [2.75, 3.05) is 0 Å². The van der Waals surface area contributed by atoms with Crippen LogP contribution in [0.2, 0.25) is 0 Å². The molecular weight excluding hydrogens is 282 g/mol. The van der Waals surface area contributed by atoms with E-state index in [1.807, 2.05) is 18.7 Å². The Morgan fingerprint density at radius 1 is 1.38 bits per heavy atom. The Morgan fingerprint density at radius 2 is 2.06 bits per heavy atom. The van der Waals surface area contributed by atoms with Crippen molar-refractivity contribution in [1.82, 2.24) is 0 Å². The lowest BCUT2D eigenvalue weighted by atomic mass is 10.1. The number of rotatable bonds is 3. The summed E-state index contributed by atoms with van der Waals surface area (Å²) in [6, 6.07) is 6.65. The van der Waals surface area contributed by atoms with E-state index in [0.717, 1.165) is 9.72 Å². The summed E-state index contributed by atoms with van der Waals surface area (Å²) < 4.78 is 1.14. The molecule has 1 aromatic carbocycles. The first kappa shape index (κ1) is 12.5. The summed E-state index contributed by atoms with van der Waals surface area (Å²) in [4.78, 5) is 1.36. The van der Waals surface area contributed by atoms with E-state index in [4.69, 9.17) is 5.73 Å². The van der Waals surface area contributed by atoms with Crippen LogP contribution in [0.25, 0.3) is 0 Å². The minimum Gasteiger partial charge on any atom is -0.324 e. The molecule has 0 aliphatic heterocycles. The molecule has 0 heterocycles. The Bertz CT molecular complexity index is 359. The molecule has 0 amide bonds. The molecule has 0 unspecified atom stereocenters. The third-order valence-corrected chi connectivity index (χ3v) is 5.09.